The Bertz CT molecular complexity index is 851. The van der Waals surface area contributed by atoms with Gasteiger partial charge in [-0.05, 0) is 56.0 Å². The molecule has 0 saturated heterocycles. The van der Waals surface area contributed by atoms with Gasteiger partial charge in [0.25, 0.3) is 0 Å². The Kier molecular flexibility index (Phi) is 4.61. The molecular formula is C21H23N3O2. The van der Waals surface area contributed by atoms with Gasteiger partial charge in [0.05, 0.1) is 24.2 Å². The van der Waals surface area contributed by atoms with Crippen molar-refractivity contribution >= 4 is 5.91 Å². The van der Waals surface area contributed by atoms with Crippen LogP contribution in [-0.2, 0) is 11.2 Å². The molecule has 1 atom stereocenters. The average Bonchev–Trinajstić information content (AvgIpc) is 3.15. The fraction of sp³-hybridized carbons (Fsp3) is 0.333. The summed E-state index contributed by atoms with van der Waals surface area (Å²) in [5.74, 6) is 1.03. The molecule has 3 aromatic rings. The molecule has 4 rings (SSSR count). The minimum Gasteiger partial charge on any atom is -0.467 e. The van der Waals surface area contributed by atoms with Crippen molar-refractivity contribution in [2.75, 3.05) is 0 Å². The van der Waals surface area contributed by atoms with Gasteiger partial charge in [-0.25, -0.2) is 4.68 Å². The molecule has 2 aromatic heterocycles. The van der Waals surface area contributed by atoms with Gasteiger partial charge in [-0.2, -0.15) is 5.10 Å². The molecule has 2 heterocycles. The molecule has 0 spiro atoms. The average molecular weight is 349 g/mol. The van der Waals surface area contributed by atoms with E-state index in [0.29, 0.717) is 18.9 Å². The maximum Gasteiger partial charge on any atom is 0.223 e. The molecular weight excluding hydrogens is 326 g/mol. The summed E-state index contributed by atoms with van der Waals surface area (Å²) in [7, 11) is 0. The Hall–Kier alpha value is -2.82. The van der Waals surface area contributed by atoms with E-state index in [2.05, 4.69) is 5.10 Å². The first-order chi connectivity index (χ1) is 12.7. The van der Waals surface area contributed by atoms with Crippen LogP contribution >= 0.6 is 0 Å². The van der Waals surface area contributed by atoms with Gasteiger partial charge < -0.3 is 9.32 Å². The number of hydrogen-bond donors (Lipinski definition) is 0. The second-order valence-electron chi connectivity index (χ2n) is 6.85. The van der Waals surface area contributed by atoms with E-state index in [-0.39, 0.29) is 11.9 Å². The molecule has 1 saturated carbocycles. The number of nitrogens with zero attached hydrogens (tertiary/aromatic N) is 3. The summed E-state index contributed by atoms with van der Waals surface area (Å²) < 4.78 is 7.36. The molecule has 5 heteroatoms. The van der Waals surface area contributed by atoms with E-state index in [0.717, 1.165) is 29.9 Å². The lowest BCUT2D eigenvalue weighted by Gasteiger charge is -2.28. The highest BCUT2D eigenvalue weighted by atomic mass is 16.3. The third kappa shape index (κ3) is 3.57. The largest absolute Gasteiger partial charge is 0.467 e. The van der Waals surface area contributed by atoms with Gasteiger partial charge in [0.2, 0.25) is 5.91 Å². The maximum absolute atomic E-state index is 12.9. The molecule has 0 aliphatic heterocycles. The second kappa shape index (κ2) is 7.20. The Morgan fingerprint density at radius 3 is 2.77 bits per heavy atom. The van der Waals surface area contributed by atoms with E-state index >= 15 is 0 Å². The molecule has 1 fully saturated rings. The first-order valence-corrected chi connectivity index (χ1v) is 9.16. The van der Waals surface area contributed by atoms with Crippen LogP contribution in [-0.4, -0.2) is 26.6 Å². The number of furan rings is 1. The van der Waals surface area contributed by atoms with Crippen LogP contribution in [0.2, 0.25) is 0 Å². The van der Waals surface area contributed by atoms with Crippen molar-refractivity contribution in [2.24, 2.45) is 0 Å². The van der Waals surface area contributed by atoms with Gasteiger partial charge >= 0.3 is 0 Å². The molecule has 0 bridgehead atoms. The molecule has 1 amide bonds. The normalized spacial score (nSPS) is 15.0. The summed E-state index contributed by atoms with van der Waals surface area (Å²) in [6.45, 7) is 2.04. The predicted molar refractivity (Wildman–Crippen MR) is 98.9 cm³/mol. The Morgan fingerprint density at radius 1 is 1.27 bits per heavy atom. The second-order valence-corrected chi connectivity index (χ2v) is 6.85. The van der Waals surface area contributed by atoms with E-state index in [4.69, 9.17) is 4.42 Å². The lowest BCUT2D eigenvalue weighted by Crippen LogP contribution is -2.35. The van der Waals surface area contributed by atoms with Gasteiger partial charge in [0.1, 0.15) is 5.76 Å². The van der Waals surface area contributed by atoms with Crippen LogP contribution < -0.4 is 0 Å². The van der Waals surface area contributed by atoms with E-state index in [1.54, 1.807) is 6.26 Å². The summed E-state index contributed by atoms with van der Waals surface area (Å²) in [4.78, 5) is 14.9. The van der Waals surface area contributed by atoms with Crippen molar-refractivity contribution in [2.45, 2.75) is 44.7 Å². The number of amides is 1. The number of aromatic nitrogens is 2. The SMILES string of the molecule is CC(c1ccco1)N(C(=O)CCc1cnn(-c2ccccc2)c1)C1CC1. The summed E-state index contributed by atoms with van der Waals surface area (Å²) in [5, 5.41) is 4.41. The van der Waals surface area contributed by atoms with Crippen molar-refractivity contribution < 1.29 is 9.21 Å². The van der Waals surface area contributed by atoms with Crippen molar-refractivity contribution in [1.29, 1.82) is 0 Å². The van der Waals surface area contributed by atoms with Crippen LogP contribution in [0.1, 0.15) is 43.6 Å². The van der Waals surface area contributed by atoms with E-state index in [1.165, 1.54) is 0 Å². The Balaban J connectivity index is 1.40. The van der Waals surface area contributed by atoms with Gasteiger partial charge in [-0.15, -0.1) is 0 Å². The summed E-state index contributed by atoms with van der Waals surface area (Å²) >= 11 is 0. The maximum atomic E-state index is 12.9. The van der Waals surface area contributed by atoms with Crippen LogP contribution in [0.15, 0.2) is 65.5 Å². The van der Waals surface area contributed by atoms with Gasteiger partial charge in [-0.1, -0.05) is 18.2 Å². The van der Waals surface area contributed by atoms with Crippen molar-refractivity contribution in [1.82, 2.24) is 14.7 Å². The Labute approximate surface area is 153 Å². The van der Waals surface area contributed by atoms with Gasteiger partial charge in [0.15, 0.2) is 0 Å². The molecule has 0 N–H and O–H groups in total. The topological polar surface area (TPSA) is 51.3 Å². The van der Waals surface area contributed by atoms with Crippen molar-refractivity contribution in [3.05, 3.63) is 72.4 Å². The summed E-state index contributed by atoms with van der Waals surface area (Å²) in [5.41, 5.74) is 2.10. The van der Waals surface area contributed by atoms with E-state index < -0.39 is 0 Å². The monoisotopic (exact) mass is 349 g/mol. The standard InChI is InChI=1S/C21H23N3O2/c1-16(20-8-5-13-26-20)24(19-10-11-19)21(25)12-9-17-14-22-23(15-17)18-6-3-2-4-7-18/h2-8,13-16,19H,9-12H2,1H3. The number of para-hydroxylation sites is 1. The fourth-order valence-corrected chi connectivity index (χ4v) is 3.35. The zero-order valence-corrected chi connectivity index (χ0v) is 14.9. The zero-order chi connectivity index (χ0) is 17.9. The summed E-state index contributed by atoms with van der Waals surface area (Å²) in [6.07, 6.45) is 8.87. The summed E-state index contributed by atoms with van der Waals surface area (Å²) in [6, 6.07) is 14.2. The van der Waals surface area contributed by atoms with Crippen LogP contribution in [0.3, 0.4) is 0 Å². The van der Waals surface area contributed by atoms with Gasteiger partial charge in [0, 0.05) is 18.7 Å². The van der Waals surface area contributed by atoms with Crippen LogP contribution in [0, 0.1) is 0 Å². The van der Waals surface area contributed by atoms with E-state index in [1.807, 2.05) is 71.4 Å². The van der Waals surface area contributed by atoms with Crippen molar-refractivity contribution in [3.63, 3.8) is 0 Å². The third-order valence-electron chi connectivity index (χ3n) is 4.88. The number of carbonyl (C=O) groups is 1. The van der Waals surface area contributed by atoms with Crippen LogP contribution in [0.5, 0.6) is 0 Å². The highest BCUT2D eigenvalue weighted by Gasteiger charge is 2.36. The van der Waals surface area contributed by atoms with Gasteiger partial charge in [-0.3, -0.25) is 4.79 Å². The number of hydrogen-bond acceptors (Lipinski definition) is 3. The number of carbonyl (C=O) groups excluding carboxylic acids is 1. The number of benzene rings is 1. The molecule has 1 aliphatic carbocycles. The lowest BCUT2D eigenvalue weighted by molar-refractivity contribution is -0.134. The smallest absolute Gasteiger partial charge is 0.223 e. The minimum atomic E-state index is -0.0166. The molecule has 0 radical (unpaired) electrons. The number of rotatable bonds is 7. The molecule has 1 aromatic carbocycles. The highest BCUT2D eigenvalue weighted by molar-refractivity contribution is 5.77. The van der Waals surface area contributed by atoms with Crippen molar-refractivity contribution in [3.8, 4) is 5.69 Å². The zero-order valence-electron chi connectivity index (χ0n) is 14.9. The predicted octanol–water partition coefficient (Wildman–Crippen LogP) is 4.15. The van der Waals surface area contributed by atoms with Crippen LogP contribution in [0.4, 0.5) is 0 Å². The quantitative estimate of drug-likeness (QED) is 0.644. The molecule has 26 heavy (non-hydrogen) atoms. The molecule has 1 unspecified atom stereocenters. The third-order valence-corrected chi connectivity index (χ3v) is 4.88. The highest BCUT2D eigenvalue weighted by Crippen LogP contribution is 2.35. The fourth-order valence-electron chi connectivity index (χ4n) is 3.35. The van der Waals surface area contributed by atoms with Crippen LogP contribution in [0.25, 0.3) is 5.69 Å². The first-order valence-electron chi connectivity index (χ1n) is 9.16. The first kappa shape index (κ1) is 16.6. The number of aryl methyl sites for hydroxylation is 1. The molecule has 5 nitrogen and oxygen atoms in total. The minimum absolute atomic E-state index is 0.0166. The molecule has 1 aliphatic rings. The Morgan fingerprint density at radius 2 is 2.08 bits per heavy atom. The lowest BCUT2D eigenvalue weighted by atomic mass is 10.1. The molecule has 134 valence electrons. The van der Waals surface area contributed by atoms with E-state index in [9.17, 15) is 4.79 Å².